The summed E-state index contributed by atoms with van der Waals surface area (Å²) in [6.07, 6.45) is 8.19. The number of guanidine groups is 1. The van der Waals surface area contributed by atoms with Crippen molar-refractivity contribution >= 4 is 35.8 Å². The topological polar surface area (TPSA) is 65.5 Å². The van der Waals surface area contributed by atoms with E-state index in [1.807, 2.05) is 24.3 Å². The molecule has 1 saturated carbocycles. The van der Waals surface area contributed by atoms with Gasteiger partial charge >= 0.3 is 0 Å². The molecule has 0 aliphatic heterocycles. The number of nitrogens with one attached hydrogen (secondary N) is 3. The first kappa shape index (κ1) is 21.7. The van der Waals surface area contributed by atoms with Crippen molar-refractivity contribution in [2.24, 2.45) is 10.9 Å². The highest BCUT2D eigenvalue weighted by atomic mass is 127. The zero-order valence-electron chi connectivity index (χ0n) is 15.3. The molecular weight excluding hydrogens is 427 g/mol. The Labute approximate surface area is 168 Å². The molecule has 3 N–H and O–H groups in total. The molecule has 1 aliphatic carbocycles. The van der Waals surface area contributed by atoms with Gasteiger partial charge in [0.1, 0.15) is 0 Å². The van der Waals surface area contributed by atoms with E-state index in [2.05, 4.69) is 20.9 Å². The molecule has 0 spiro atoms. The number of benzene rings is 1. The standard InChI is InChI=1S/C19H30N4O.HI/c1-20-18(24)17-11-9-16(10-12-17)14-23-19(21-2)22-13-5-8-15-6-3-4-7-15;/h9-12,15H,3-8,13-14H2,1-2H3,(H,20,24)(H2,21,22,23);1H. The molecule has 1 fully saturated rings. The minimum atomic E-state index is -0.0609. The van der Waals surface area contributed by atoms with Gasteiger partial charge in [0.25, 0.3) is 5.91 Å². The maximum atomic E-state index is 11.5. The van der Waals surface area contributed by atoms with Gasteiger partial charge in [-0.1, -0.05) is 37.8 Å². The molecular formula is C19H31IN4O. The van der Waals surface area contributed by atoms with Gasteiger partial charge in [-0.25, -0.2) is 0 Å². The van der Waals surface area contributed by atoms with E-state index >= 15 is 0 Å². The summed E-state index contributed by atoms with van der Waals surface area (Å²) >= 11 is 0. The smallest absolute Gasteiger partial charge is 0.251 e. The number of nitrogens with zero attached hydrogens (tertiary/aromatic N) is 1. The monoisotopic (exact) mass is 458 g/mol. The van der Waals surface area contributed by atoms with Crippen LogP contribution in [0.5, 0.6) is 0 Å². The molecule has 140 valence electrons. The Balaban J connectivity index is 0.00000312. The van der Waals surface area contributed by atoms with Crippen molar-refractivity contribution in [3.8, 4) is 0 Å². The number of amides is 1. The van der Waals surface area contributed by atoms with Gasteiger partial charge in [0, 0.05) is 32.7 Å². The van der Waals surface area contributed by atoms with Crippen LogP contribution in [0.3, 0.4) is 0 Å². The van der Waals surface area contributed by atoms with E-state index < -0.39 is 0 Å². The molecule has 2 rings (SSSR count). The molecule has 0 atom stereocenters. The SMILES string of the molecule is CN=C(NCCCC1CCCC1)NCc1ccc(C(=O)NC)cc1.I. The molecule has 0 saturated heterocycles. The normalized spacial score (nSPS) is 14.7. The number of carbonyl (C=O) groups excluding carboxylic acids is 1. The van der Waals surface area contributed by atoms with Crippen molar-refractivity contribution in [2.45, 2.75) is 45.1 Å². The van der Waals surface area contributed by atoms with E-state index in [9.17, 15) is 4.79 Å². The summed E-state index contributed by atoms with van der Waals surface area (Å²) in [4.78, 5) is 15.8. The van der Waals surface area contributed by atoms with Gasteiger partial charge in [-0.15, -0.1) is 24.0 Å². The Hall–Kier alpha value is -1.31. The third-order valence-corrected chi connectivity index (χ3v) is 4.68. The molecule has 1 aliphatic rings. The van der Waals surface area contributed by atoms with Gasteiger partial charge in [0.2, 0.25) is 0 Å². The molecule has 0 heterocycles. The maximum absolute atomic E-state index is 11.5. The summed E-state index contributed by atoms with van der Waals surface area (Å²) in [6, 6.07) is 7.61. The zero-order chi connectivity index (χ0) is 17.2. The van der Waals surface area contributed by atoms with E-state index in [0.717, 1.165) is 24.0 Å². The molecule has 25 heavy (non-hydrogen) atoms. The van der Waals surface area contributed by atoms with Crippen LogP contribution in [0.25, 0.3) is 0 Å². The lowest BCUT2D eigenvalue weighted by Gasteiger charge is -2.13. The average Bonchev–Trinajstić information content (AvgIpc) is 3.14. The summed E-state index contributed by atoms with van der Waals surface area (Å²) in [6.45, 7) is 1.65. The first-order chi connectivity index (χ1) is 11.7. The van der Waals surface area contributed by atoms with E-state index in [1.54, 1.807) is 14.1 Å². The number of carbonyl (C=O) groups is 1. The van der Waals surface area contributed by atoms with Gasteiger partial charge in [-0.05, 0) is 36.5 Å². The van der Waals surface area contributed by atoms with Gasteiger partial charge in [0.15, 0.2) is 5.96 Å². The first-order valence-electron chi connectivity index (χ1n) is 8.98. The number of hydrogen-bond acceptors (Lipinski definition) is 2. The lowest BCUT2D eigenvalue weighted by atomic mass is 10.0. The number of hydrogen-bond donors (Lipinski definition) is 3. The van der Waals surface area contributed by atoms with Crippen LogP contribution in [0.4, 0.5) is 0 Å². The van der Waals surface area contributed by atoms with Gasteiger partial charge in [0.05, 0.1) is 0 Å². The van der Waals surface area contributed by atoms with Crippen LogP contribution in [-0.4, -0.2) is 32.5 Å². The van der Waals surface area contributed by atoms with E-state index in [0.29, 0.717) is 12.1 Å². The first-order valence-corrected chi connectivity index (χ1v) is 8.98. The summed E-state index contributed by atoms with van der Waals surface area (Å²) in [5, 5.41) is 9.32. The summed E-state index contributed by atoms with van der Waals surface area (Å²) in [5.41, 5.74) is 1.80. The Morgan fingerprint density at radius 3 is 2.44 bits per heavy atom. The number of rotatable bonds is 7. The number of halogens is 1. The lowest BCUT2D eigenvalue weighted by Crippen LogP contribution is -2.37. The van der Waals surface area contributed by atoms with Gasteiger partial charge < -0.3 is 16.0 Å². The second-order valence-corrected chi connectivity index (χ2v) is 6.42. The second kappa shape index (κ2) is 12.1. The predicted octanol–water partition coefficient (Wildman–Crippen LogP) is 3.30. The minimum absolute atomic E-state index is 0. The molecule has 0 bridgehead atoms. The zero-order valence-corrected chi connectivity index (χ0v) is 17.6. The summed E-state index contributed by atoms with van der Waals surface area (Å²) in [5.74, 6) is 1.71. The Bertz CT molecular complexity index is 539. The predicted molar refractivity (Wildman–Crippen MR) is 115 cm³/mol. The van der Waals surface area contributed by atoms with Crippen molar-refractivity contribution in [3.05, 3.63) is 35.4 Å². The van der Waals surface area contributed by atoms with Crippen LogP contribution in [0.1, 0.15) is 54.4 Å². The lowest BCUT2D eigenvalue weighted by molar-refractivity contribution is 0.0963. The van der Waals surface area contributed by atoms with Crippen molar-refractivity contribution in [1.29, 1.82) is 0 Å². The van der Waals surface area contributed by atoms with E-state index in [-0.39, 0.29) is 29.9 Å². The summed E-state index contributed by atoms with van der Waals surface area (Å²) in [7, 11) is 3.43. The molecule has 0 radical (unpaired) electrons. The van der Waals surface area contributed by atoms with Crippen LogP contribution < -0.4 is 16.0 Å². The van der Waals surface area contributed by atoms with Crippen LogP contribution >= 0.6 is 24.0 Å². The second-order valence-electron chi connectivity index (χ2n) is 6.42. The van der Waals surface area contributed by atoms with Crippen molar-refractivity contribution in [3.63, 3.8) is 0 Å². The van der Waals surface area contributed by atoms with Crippen molar-refractivity contribution in [2.75, 3.05) is 20.6 Å². The average molecular weight is 458 g/mol. The highest BCUT2D eigenvalue weighted by Crippen LogP contribution is 2.28. The Morgan fingerprint density at radius 1 is 1.16 bits per heavy atom. The quantitative estimate of drug-likeness (QED) is 0.254. The molecule has 0 unspecified atom stereocenters. The third-order valence-electron chi connectivity index (χ3n) is 4.68. The van der Waals surface area contributed by atoms with Crippen molar-refractivity contribution < 1.29 is 4.79 Å². The van der Waals surface area contributed by atoms with E-state index in [4.69, 9.17) is 0 Å². The van der Waals surface area contributed by atoms with Crippen LogP contribution in [-0.2, 0) is 6.54 Å². The van der Waals surface area contributed by atoms with Gasteiger partial charge in [-0.3, -0.25) is 9.79 Å². The number of aliphatic imine (C=N–C) groups is 1. The molecule has 0 aromatic heterocycles. The fourth-order valence-electron chi connectivity index (χ4n) is 3.22. The molecule has 6 heteroatoms. The third kappa shape index (κ3) is 7.63. The Kier molecular flexibility index (Phi) is 10.5. The van der Waals surface area contributed by atoms with Crippen LogP contribution in [0, 0.1) is 5.92 Å². The van der Waals surface area contributed by atoms with E-state index in [1.165, 1.54) is 38.5 Å². The molecule has 1 aromatic carbocycles. The minimum Gasteiger partial charge on any atom is -0.356 e. The largest absolute Gasteiger partial charge is 0.356 e. The fourth-order valence-corrected chi connectivity index (χ4v) is 3.22. The molecule has 1 aromatic rings. The van der Waals surface area contributed by atoms with Crippen LogP contribution in [0.2, 0.25) is 0 Å². The maximum Gasteiger partial charge on any atom is 0.251 e. The molecule has 1 amide bonds. The Morgan fingerprint density at radius 2 is 1.84 bits per heavy atom. The fraction of sp³-hybridized carbons (Fsp3) is 0.579. The van der Waals surface area contributed by atoms with Gasteiger partial charge in [-0.2, -0.15) is 0 Å². The van der Waals surface area contributed by atoms with Crippen molar-refractivity contribution in [1.82, 2.24) is 16.0 Å². The summed E-state index contributed by atoms with van der Waals surface area (Å²) < 4.78 is 0. The highest BCUT2D eigenvalue weighted by molar-refractivity contribution is 14.0. The highest BCUT2D eigenvalue weighted by Gasteiger charge is 2.14. The van der Waals surface area contributed by atoms with Crippen LogP contribution in [0.15, 0.2) is 29.3 Å². The molecule has 5 nitrogen and oxygen atoms in total.